The van der Waals surface area contributed by atoms with Crippen LogP contribution in [0.3, 0.4) is 0 Å². The van der Waals surface area contributed by atoms with E-state index in [4.69, 9.17) is 4.74 Å². The Hall–Kier alpha value is -1.32. The summed E-state index contributed by atoms with van der Waals surface area (Å²) in [6.07, 6.45) is 6.78. The van der Waals surface area contributed by atoms with Crippen LogP contribution in [0, 0.1) is 12.8 Å². The van der Waals surface area contributed by atoms with Gasteiger partial charge >= 0.3 is 0 Å². The van der Waals surface area contributed by atoms with Crippen LogP contribution < -0.4 is 10.1 Å². The topological polar surface area (TPSA) is 47.0 Å². The Morgan fingerprint density at radius 2 is 2.11 bits per heavy atom. The van der Waals surface area contributed by atoms with E-state index in [1.165, 1.54) is 25.7 Å². The van der Waals surface area contributed by atoms with Gasteiger partial charge in [0.05, 0.1) is 12.2 Å². The third-order valence-electron chi connectivity index (χ3n) is 3.75. The first-order chi connectivity index (χ1) is 8.72. The maximum atomic E-state index is 5.50. The number of aromatic nitrogens is 2. The molecule has 1 aliphatic carbocycles. The van der Waals surface area contributed by atoms with Gasteiger partial charge in [0.15, 0.2) is 0 Å². The number of anilines is 1. The molecule has 18 heavy (non-hydrogen) atoms. The van der Waals surface area contributed by atoms with E-state index < -0.39 is 0 Å². The summed E-state index contributed by atoms with van der Waals surface area (Å²) in [4.78, 5) is 8.51. The summed E-state index contributed by atoms with van der Waals surface area (Å²) in [5.74, 6) is 2.33. The van der Waals surface area contributed by atoms with Gasteiger partial charge in [-0.25, -0.2) is 9.97 Å². The van der Waals surface area contributed by atoms with Crippen LogP contribution >= 0.6 is 0 Å². The van der Waals surface area contributed by atoms with Crippen LogP contribution in [-0.4, -0.2) is 22.6 Å². The lowest BCUT2D eigenvalue weighted by molar-refractivity contribution is 0.323. The van der Waals surface area contributed by atoms with Crippen molar-refractivity contribution in [3.63, 3.8) is 0 Å². The van der Waals surface area contributed by atoms with E-state index in [0.29, 0.717) is 24.4 Å². The van der Waals surface area contributed by atoms with Crippen molar-refractivity contribution in [1.82, 2.24) is 9.97 Å². The summed E-state index contributed by atoms with van der Waals surface area (Å²) in [7, 11) is 0. The number of ether oxygens (including phenoxy) is 1. The average Bonchev–Trinajstić information content (AvgIpc) is 2.37. The zero-order valence-electron chi connectivity index (χ0n) is 11.6. The molecule has 1 N–H and O–H groups in total. The Bertz CT molecular complexity index is 395. The van der Waals surface area contributed by atoms with Crippen LogP contribution in [-0.2, 0) is 0 Å². The van der Waals surface area contributed by atoms with Crippen LogP contribution in [0.2, 0.25) is 0 Å². The summed E-state index contributed by atoms with van der Waals surface area (Å²) < 4.78 is 5.50. The molecule has 1 heterocycles. The fourth-order valence-electron chi connectivity index (χ4n) is 2.57. The normalized spacial score (nSPS) is 23.7. The Morgan fingerprint density at radius 1 is 1.33 bits per heavy atom. The van der Waals surface area contributed by atoms with Crippen molar-refractivity contribution in [3.8, 4) is 5.88 Å². The second-order valence-corrected chi connectivity index (χ2v) is 5.10. The van der Waals surface area contributed by atoms with Gasteiger partial charge in [0.2, 0.25) is 5.88 Å². The number of nitrogens with one attached hydrogen (secondary N) is 1. The van der Waals surface area contributed by atoms with Gasteiger partial charge in [-0.2, -0.15) is 0 Å². The van der Waals surface area contributed by atoms with E-state index in [0.717, 1.165) is 11.4 Å². The summed E-state index contributed by atoms with van der Waals surface area (Å²) in [5.41, 5.74) is 1.01. The molecule has 0 radical (unpaired) electrons. The third kappa shape index (κ3) is 2.92. The predicted octanol–water partition coefficient (Wildman–Crippen LogP) is 3.17. The SMILES string of the molecule is CCOc1ncnc(NC2CCCCC2C)c1C. The Labute approximate surface area is 109 Å². The highest BCUT2D eigenvalue weighted by Crippen LogP contribution is 2.28. The van der Waals surface area contributed by atoms with E-state index in [1.54, 1.807) is 6.33 Å². The molecule has 1 fully saturated rings. The molecule has 0 spiro atoms. The zero-order valence-corrected chi connectivity index (χ0v) is 11.6. The van der Waals surface area contributed by atoms with Gasteiger partial charge in [0, 0.05) is 6.04 Å². The van der Waals surface area contributed by atoms with Gasteiger partial charge in [0.25, 0.3) is 0 Å². The first-order valence-corrected chi connectivity index (χ1v) is 6.93. The lowest BCUT2D eigenvalue weighted by Crippen LogP contribution is -2.31. The second-order valence-electron chi connectivity index (χ2n) is 5.10. The van der Waals surface area contributed by atoms with Gasteiger partial charge in [-0.3, -0.25) is 0 Å². The van der Waals surface area contributed by atoms with Crippen LogP contribution in [0.5, 0.6) is 5.88 Å². The first-order valence-electron chi connectivity index (χ1n) is 6.93. The molecule has 1 aromatic heterocycles. The summed E-state index contributed by atoms with van der Waals surface area (Å²) >= 11 is 0. The quantitative estimate of drug-likeness (QED) is 0.890. The van der Waals surface area contributed by atoms with Gasteiger partial charge in [-0.1, -0.05) is 19.8 Å². The Kier molecular flexibility index (Phi) is 4.39. The van der Waals surface area contributed by atoms with E-state index in [9.17, 15) is 0 Å². The van der Waals surface area contributed by atoms with Crippen molar-refractivity contribution in [2.24, 2.45) is 5.92 Å². The van der Waals surface area contributed by atoms with E-state index in [-0.39, 0.29) is 0 Å². The summed E-state index contributed by atoms with van der Waals surface area (Å²) in [6.45, 7) is 6.94. The number of nitrogens with zero attached hydrogens (tertiary/aromatic N) is 2. The van der Waals surface area contributed by atoms with E-state index >= 15 is 0 Å². The van der Waals surface area contributed by atoms with Gasteiger partial charge in [0.1, 0.15) is 12.1 Å². The lowest BCUT2D eigenvalue weighted by atomic mass is 9.86. The molecule has 0 aliphatic heterocycles. The highest BCUT2D eigenvalue weighted by molar-refractivity contribution is 5.48. The highest BCUT2D eigenvalue weighted by Gasteiger charge is 2.22. The Balaban J connectivity index is 2.10. The standard InChI is InChI=1S/C14H23N3O/c1-4-18-14-11(3)13(15-9-16-14)17-12-8-6-5-7-10(12)2/h9-10,12H,4-8H2,1-3H3,(H,15,16,17). The van der Waals surface area contributed by atoms with Crippen molar-refractivity contribution in [2.75, 3.05) is 11.9 Å². The maximum Gasteiger partial charge on any atom is 0.221 e. The molecule has 0 bridgehead atoms. The van der Waals surface area contributed by atoms with Crippen molar-refractivity contribution < 1.29 is 4.74 Å². The monoisotopic (exact) mass is 249 g/mol. The molecule has 2 atom stereocenters. The van der Waals surface area contributed by atoms with Crippen molar-refractivity contribution in [1.29, 1.82) is 0 Å². The molecular formula is C14H23N3O. The van der Waals surface area contributed by atoms with Crippen LogP contribution in [0.25, 0.3) is 0 Å². The first kappa shape index (κ1) is 13.1. The van der Waals surface area contributed by atoms with Crippen LogP contribution in [0.4, 0.5) is 5.82 Å². The van der Waals surface area contributed by atoms with Crippen molar-refractivity contribution >= 4 is 5.82 Å². The van der Waals surface area contributed by atoms with Crippen LogP contribution in [0.1, 0.15) is 45.1 Å². The smallest absolute Gasteiger partial charge is 0.221 e. The summed E-state index contributed by atoms with van der Waals surface area (Å²) in [6, 6.07) is 0.529. The molecule has 1 saturated carbocycles. The van der Waals surface area contributed by atoms with Crippen molar-refractivity contribution in [2.45, 2.75) is 52.5 Å². The molecule has 100 valence electrons. The number of hydrogen-bond acceptors (Lipinski definition) is 4. The molecule has 0 amide bonds. The molecule has 2 unspecified atom stereocenters. The zero-order chi connectivity index (χ0) is 13.0. The highest BCUT2D eigenvalue weighted by atomic mass is 16.5. The number of hydrogen-bond donors (Lipinski definition) is 1. The molecule has 1 aromatic rings. The maximum absolute atomic E-state index is 5.50. The van der Waals surface area contributed by atoms with Gasteiger partial charge in [-0.05, 0) is 32.6 Å². The Morgan fingerprint density at radius 3 is 2.83 bits per heavy atom. The molecular weight excluding hydrogens is 226 g/mol. The number of rotatable bonds is 4. The van der Waals surface area contributed by atoms with Crippen molar-refractivity contribution in [3.05, 3.63) is 11.9 Å². The molecule has 1 aliphatic rings. The summed E-state index contributed by atoms with van der Waals surface area (Å²) in [5, 5.41) is 3.57. The second kappa shape index (κ2) is 6.03. The van der Waals surface area contributed by atoms with E-state index in [2.05, 4.69) is 22.2 Å². The minimum atomic E-state index is 0.529. The fourth-order valence-corrected chi connectivity index (χ4v) is 2.57. The molecule has 2 rings (SSSR count). The van der Waals surface area contributed by atoms with Gasteiger partial charge < -0.3 is 10.1 Å². The molecule has 0 saturated heterocycles. The van der Waals surface area contributed by atoms with Gasteiger partial charge in [-0.15, -0.1) is 0 Å². The van der Waals surface area contributed by atoms with E-state index in [1.807, 2.05) is 13.8 Å². The molecule has 4 heteroatoms. The lowest BCUT2D eigenvalue weighted by Gasteiger charge is -2.30. The molecule has 4 nitrogen and oxygen atoms in total. The minimum Gasteiger partial charge on any atom is -0.478 e. The molecule has 0 aromatic carbocycles. The minimum absolute atomic E-state index is 0.529. The third-order valence-corrected chi connectivity index (χ3v) is 3.75. The van der Waals surface area contributed by atoms with Crippen LogP contribution in [0.15, 0.2) is 6.33 Å². The average molecular weight is 249 g/mol. The predicted molar refractivity (Wildman–Crippen MR) is 73.0 cm³/mol. The fraction of sp³-hybridized carbons (Fsp3) is 0.714. The largest absolute Gasteiger partial charge is 0.478 e.